The summed E-state index contributed by atoms with van der Waals surface area (Å²) in [6, 6.07) is 13.6. The number of amides is 2. The van der Waals surface area contributed by atoms with E-state index in [-0.39, 0.29) is 27.6 Å². The quantitative estimate of drug-likeness (QED) is 0.206. The van der Waals surface area contributed by atoms with Crippen molar-refractivity contribution in [3.05, 3.63) is 110 Å². The Morgan fingerprint density at radius 3 is 2.39 bits per heavy atom. The van der Waals surface area contributed by atoms with Gasteiger partial charge >= 0.3 is 11.7 Å². The highest BCUT2D eigenvalue weighted by atomic mass is 32.1. The van der Waals surface area contributed by atoms with Gasteiger partial charge in [0.15, 0.2) is 0 Å². The number of carbonyl (C=O) groups is 1. The number of rotatable bonds is 11. The molecule has 46 heavy (non-hydrogen) atoms. The second-order valence-corrected chi connectivity index (χ2v) is 11.8. The molecular formula is C33H34F2N6O4S. The SMILES string of the molecule is CCNC(=O)Nc1ccc(-c2sc3c(c2CN(C)CCOC)c(=O)n(-c2ccc(C)cn2)c(=O)n3Cc2c(F)cccc2F)cc1. The standard InChI is InChI=1S/C33H34F2N6O4S/c1-5-36-32(43)38-22-12-10-21(11-13-22)29-24(18-39(3)15-16-45-4)28-30(42)41(27-14-9-20(2)17-37-27)33(44)40(31(28)46-29)19-23-25(34)7-6-8-26(23)35/h6-14,17H,5,15-16,18-19H2,1-4H3,(H2,36,38,43). The van der Waals surface area contributed by atoms with Crippen molar-refractivity contribution in [2.45, 2.75) is 26.9 Å². The number of hydrogen-bond donors (Lipinski definition) is 2. The second-order valence-electron chi connectivity index (χ2n) is 10.8. The molecule has 5 rings (SSSR count). The van der Waals surface area contributed by atoms with E-state index in [0.29, 0.717) is 42.4 Å². The lowest BCUT2D eigenvalue weighted by molar-refractivity contribution is 0.159. The molecule has 0 radical (unpaired) electrons. The third kappa shape index (κ3) is 6.76. The number of aryl methyl sites for hydroxylation is 1. The molecule has 3 heterocycles. The average Bonchev–Trinajstić information content (AvgIpc) is 3.39. The normalized spacial score (nSPS) is 11.4. The zero-order valence-electron chi connectivity index (χ0n) is 25.9. The van der Waals surface area contributed by atoms with Crippen LogP contribution < -0.4 is 21.9 Å². The molecule has 0 aliphatic heterocycles. The molecule has 0 saturated heterocycles. The number of methoxy groups -OCH3 is 1. The van der Waals surface area contributed by atoms with E-state index in [1.165, 1.54) is 22.0 Å². The Labute approximate surface area is 267 Å². The predicted octanol–water partition coefficient (Wildman–Crippen LogP) is 5.13. The summed E-state index contributed by atoms with van der Waals surface area (Å²) in [4.78, 5) is 47.8. The van der Waals surface area contributed by atoms with Gasteiger partial charge in [-0.15, -0.1) is 11.3 Å². The molecule has 5 aromatic rings. The summed E-state index contributed by atoms with van der Waals surface area (Å²) < 4.78 is 37.3. The molecule has 3 aromatic heterocycles. The van der Waals surface area contributed by atoms with Crippen LogP contribution in [0.15, 0.2) is 70.4 Å². The monoisotopic (exact) mass is 648 g/mol. The Bertz CT molecular complexity index is 1970. The molecule has 0 atom stereocenters. The van der Waals surface area contributed by atoms with Crippen LogP contribution in [0.5, 0.6) is 0 Å². The first-order valence-corrected chi connectivity index (χ1v) is 15.4. The number of likely N-dealkylation sites (N-methyl/N-ethyl adjacent to an activating group) is 1. The number of benzene rings is 2. The Morgan fingerprint density at radius 1 is 1.04 bits per heavy atom. The van der Waals surface area contributed by atoms with E-state index in [4.69, 9.17) is 4.74 Å². The summed E-state index contributed by atoms with van der Waals surface area (Å²) in [6.45, 7) is 4.98. The summed E-state index contributed by atoms with van der Waals surface area (Å²) in [6.07, 6.45) is 1.54. The van der Waals surface area contributed by atoms with E-state index >= 15 is 0 Å². The first-order chi connectivity index (χ1) is 22.1. The van der Waals surface area contributed by atoms with Gasteiger partial charge in [0.25, 0.3) is 5.56 Å². The summed E-state index contributed by atoms with van der Waals surface area (Å²) in [5.74, 6) is -1.52. The van der Waals surface area contributed by atoms with Gasteiger partial charge in [-0.2, -0.15) is 0 Å². The molecule has 2 amide bonds. The number of anilines is 1. The van der Waals surface area contributed by atoms with Gasteiger partial charge in [-0.1, -0.05) is 24.3 Å². The van der Waals surface area contributed by atoms with Gasteiger partial charge in [0, 0.05) is 49.1 Å². The minimum absolute atomic E-state index is 0.0949. The van der Waals surface area contributed by atoms with Gasteiger partial charge in [-0.3, -0.25) is 14.3 Å². The van der Waals surface area contributed by atoms with Crippen LogP contribution >= 0.6 is 11.3 Å². The lowest BCUT2D eigenvalue weighted by Crippen LogP contribution is -2.39. The molecule has 13 heteroatoms. The molecule has 2 N–H and O–H groups in total. The molecule has 2 aromatic carbocycles. The number of aromatic nitrogens is 3. The van der Waals surface area contributed by atoms with Gasteiger partial charge < -0.3 is 15.4 Å². The summed E-state index contributed by atoms with van der Waals surface area (Å²) >= 11 is 1.19. The van der Waals surface area contributed by atoms with E-state index in [1.807, 2.05) is 37.9 Å². The van der Waals surface area contributed by atoms with Gasteiger partial charge in [-0.05, 0) is 67.9 Å². The highest BCUT2D eigenvalue weighted by molar-refractivity contribution is 7.22. The number of nitrogens with zero attached hydrogens (tertiary/aromatic N) is 4. The lowest BCUT2D eigenvalue weighted by Gasteiger charge is -2.17. The molecule has 0 aliphatic rings. The van der Waals surface area contributed by atoms with Gasteiger partial charge in [-0.25, -0.2) is 27.9 Å². The van der Waals surface area contributed by atoms with E-state index in [0.717, 1.165) is 27.8 Å². The van der Waals surface area contributed by atoms with Crippen molar-refractivity contribution in [1.29, 1.82) is 0 Å². The van der Waals surface area contributed by atoms with Gasteiger partial charge in [0.05, 0.1) is 18.5 Å². The zero-order chi connectivity index (χ0) is 33.0. The molecular weight excluding hydrogens is 614 g/mol. The largest absolute Gasteiger partial charge is 0.383 e. The highest BCUT2D eigenvalue weighted by Crippen LogP contribution is 2.38. The molecule has 0 bridgehead atoms. The van der Waals surface area contributed by atoms with Crippen LogP contribution in [0.4, 0.5) is 19.3 Å². The maximum atomic E-state index is 14.9. The van der Waals surface area contributed by atoms with Crippen LogP contribution in [-0.2, 0) is 17.8 Å². The fourth-order valence-electron chi connectivity index (χ4n) is 5.06. The highest BCUT2D eigenvalue weighted by Gasteiger charge is 2.26. The van der Waals surface area contributed by atoms with Crippen LogP contribution in [0.25, 0.3) is 26.5 Å². The third-order valence-electron chi connectivity index (χ3n) is 7.42. The number of hydrogen-bond acceptors (Lipinski definition) is 7. The lowest BCUT2D eigenvalue weighted by atomic mass is 10.1. The van der Waals surface area contributed by atoms with Crippen molar-refractivity contribution >= 4 is 33.3 Å². The Kier molecular flexibility index (Phi) is 10.0. The predicted molar refractivity (Wildman–Crippen MR) is 176 cm³/mol. The molecule has 240 valence electrons. The number of carbonyl (C=O) groups excluding carboxylic acids is 1. The van der Waals surface area contributed by atoms with Crippen LogP contribution in [0.2, 0.25) is 0 Å². The summed E-state index contributed by atoms with van der Waals surface area (Å²) in [5, 5.41) is 5.69. The van der Waals surface area contributed by atoms with Crippen LogP contribution in [-0.4, -0.2) is 58.9 Å². The van der Waals surface area contributed by atoms with Crippen molar-refractivity contribution < 1.29 is 18.3 Å². The van der Waals surface area contributed by atoms with E-state index < -0.39 is 29.4 Å². The minimum Gasteiger partial charge on any atom is -0.383 e. The second kappa shape index (κ2) is 14.1. The summed E-state index contributed by atoms with van der Waals surface area (Å²) in [7, 11) is 3.49. The summed E-state index contributed by atoms with van der Waals surface area (Å²) in [5.41, 5.74) is 1.09. The van der Waals surface area contributed by atoms with Crippen molar-refractivity contribution in [3.63, 3.8) is 0 Å². The van der Waals surface area contributed by atoms with E-state index in [9.17, 15) is 23.2 Å². The number of thiophene rings is 1. The van der Waals surface area contributed by atoms with Crippen LogP contribution in [0.3, 0.4) is 0 Å². The fourth-order valence-corrected chi connectivity index (χ4v) is 6.37. The van der Waals surface area contributed by atoms with Crippen molar-refractivity contribution in [2.75, 3.05) is 39.2 Å². The molecule has 0 unspecified atom stereocenters. The van der Waals surface area contributed by atoms with Crippen molar-refractivity contribution in [3.8, 4) is 16.3 Å². The maximum Gasteiger partial charge on any atom is 0.338 e. The molecule has 0 fully saturated rings. The number of nitrogens with one attached hydrogen (secondary N) is 2. The van der Waals surface area contributed by atoms with Crippen LogP contribution in [0, 0.1) is 18.6 Å². The fraction of sp³-hybridized carbons (Fsp3) is 0.273. The van der Waals surface area contributed by atoms with E-state index in [2.05, 4.69) is 15.6 Å². The Balaban J connectivity index is 1.79. The molecule has 0 saturated carbocycles. The minimum atomic E-state index is -0.808. The topological polar surface area (TPSA) is 110 Å². The van der Waals surface area contributed by atoms with Crippen molar-refractivity contribution in [1.82, 2.24) is 24.3 Å². The molecule has 10 nitrogen and oxygen atoms in total. The molecule has 0 spiro atoms. The Hall–Kier alpha value is -4.72. The van der Waals surface area contributed by atoms with Crippen molar-refractivity contribution in [2.24, 2.45) is 0 Å². The number of pyridine rings is 1. The zero-order valence-corrected chi connectivity index (χ0v) is 26.7. The number of ether oxygens (including phenoxy) is 1. The smallest absolute Gasteiger partial charge is 0.338 e. The molecule has 0 aliphatic carbocycles. The Morgan fingerprint density at radius 2 is 1.76 bits per heavy atom. The average molecular weight is 649 g/mol. The van der Waals surface area contributed by atoms with Crippen LogP contribution in [0.1, 0.15) is 23.6 Å². The van der Waals surface area contributed by atoms with Gasteiger partial charge in [0.2, 0.25) is 0 Å². The van der Waals surface area contributed by atoms with E-state index in [1.54, 1.807) is 37.6 Å². The number of halogens is 2. The first-order valence-electron chi connectivity index (χ1n) is 14.6. The number of urea groups is 1. The first kappa shape index (κ1) is 32.7. The third-order valence-corrected chi connectivity index (χ3v) is 8.73. The maximum absolute atomic E-state index is 14.9. The number of fused-ring (bicyclic) bond motifs is 1. The van der Waals surface area contributed by atoms with Gasteiger partial charge in [0.1, 0.15) is 22.3 Å².